The Morgan fingerprint density at radius 2 is 1.81 bits per heavy atom. The van der Waals surface area contributed by atoms with Gasteiger partial charge in [-0.3, -0.25) is 9.59 Å². The zero-order valence-electron chi connectivity index (χ0n) is 15.6. The second-order valence-electron chi connectivity index (χ2n) is 9.49. The van der Waals surface area contributed by atoms with Crippen molar-refractivity contribution < 1.29 is 22.8 Å². The molecule has 146 valence electrons. The van der Waals surface area contributed by atoms with Gasteiger partial charge in [0.1, 0.15) is 5.78 Å². The number of ketones is 1. The predicted molar refractivity (Wildman–Crippen MR) is 90.2 cm³/mol. The van der Waals surface area contributed by atoms with Crippen molar-refractivity contribution in [3.05, 3.63) is 0 Å². The average Bonchev–Trinajstić information content (AvgIpc) is 2.87. The standard InChI is InChI=1S/C20H28F3NO2/c1-18-9-3-11-24(17(26)20(21,22)23)15(18)6-4-12-13-5-7-16(25)19(13,2)10-8-14(12)18/h12-15H,3-11H2,1-2H3/t12-,13-,14-,15?,18+,19-/m0/s1. The number of amides is 1. The van der Waals surface area contributed by atoms with E-state index in [1.807, 2.05) is 0 Å². The highest BCUT2D eigenvalue weighted by atomic mass is 19.4. The minimum atomic E-state index is -4.79. The van der Waals surface area contributed by atoms with E-state index >= 15 is 0 Å². The van der Waals surface area contributed by atoms with Crippen LogP contribution in [0.5, 0.6) is 0 Å². The molecule has 26 heavy (non-hydrogen) atoms. The number of nitrogens with zero attached hydrogens (tertiary/aromatic N) is 1. The second-order valence-corrected chi connectivity index (χ2v) is 9.49. The first-order valence-electron chi connectivity index (χ1n) is 10.00. The smallest absolute Gasteiger partial charge is 0.331 e. The molecule has 4 aliphatic rings. The molecular weight excluding hydrogens is 343 g/mol. The van der Waals surface area contributed by atoms with Gasteiger partial charge in [-0.1, -0.05) is 13.8 Å². The fourth-order valence-electron chi connectivity index (χ4n) is 7.26. The normalized spacial score (nSPS) is 45.7. The quantitative estimate of drug-likeness (QED) is 0.635. The summed E-state index contributed by atoms with van der Waals surface area (Å²) in [4.78, 5) is 25.6. The van der Waals surface area contributed by atoms with Crippen LogP contribution in [0.3, 0.4) is 0 Å². The maximum Gasteiger partial charge on any atom is 0.471 e. The Hall–Kier alpha value is -1.07. The van der Waals surface area contributed by atoms with Crippen molar-refractivity contribution in [2.24, 2.45) is 28.6 Å². The Bertz CT molecular complexity index is 633. The maximum atomic E-state index is 13.1. The molecular formula is C20H28F3NO2. The Kier molecular flexibility index (Phi) is 4.02. The van der Waals surface area contributed by atoms with Crippen molar-refractivity contribution in [3.63, 3.8) is 0 Å². The van der Waals surface area contributed by atoms with Crippen LogP contribution in [0, 0.1) is 28.6 Å². The number of piperidine rings is 1. The van der Waals surface area contributed by atoms with Crippen LogP contribution in [-0.4, -0.2) is 35.4 Å². The van der Waals surface area contributed by atoms with Gasteiger partial charge in [0.05, 0.1) is 0 Å². The molecule has 6 heteroatoms. The zero-order chi connectivity index (χ0) is 18.9. The van der Waals surface area contributed by atoms with E-state index in [1.165, 1.54) is 0 Å². The number of fused-ring (bicyclic) bond motifs is 5. The molecule has 0 aromatic heterocycles. The molecule has 0 bridgehead atoms. The molecule has 4 fully saturated rings. The lowest BCUT2D eigenvalue weighted by atomic mass is 9.47. The van der Waals surface area contributed by atoms with E-state index in [4.69, 9.17) is 0 Å². The summed E-state index contributed by atoms with van der Waals surface area (Å²) in [5.41, 5.74) is -0.477. The van der Waals surface area contributed by atoms with Gasteiger partial charge in [-0.2, -0.15) is 13.2 Å². The van der Waals surface area contributed by atoms with Crippen LogP contribution in [0.2, 0.25) is 0 Å². The minimum Gasteiger partial charge on any atom is -0.331 e. The molecule has 0 aromatic carbocycles. The fraction of sp³-hybridized carbons (Fsp3) is 0.900. The van der Waals surface area contributed by atoms with Crippen LogP contribution in [0.15, 0.2) is 0 Å². The molecule has 1 amide bonds. The SMILES string of the molecule is C[C@]12CCCN(C(=O)C(F)(F)F)C1CC[C@@H]1[C@@H]2CC[C@]2(C)C(=O)CC[C@@H]12. The lowest BCUT2D eigenvalue weighted by Gasteiger charge is -2.61. The molecule has 1 unspecified atom stereocenters. The monoisotopic (exact) mass is 371 g/mol. The first-order valence-corrected chi connectivity index (χ1v) is 10.00. The predicted octanol–water partition coefficient (Wildman–Crippen LogP) is 4.35. The number of hydrogen-bond acceptors (Lipinski definition) is 2. The van der Waals surface area contributed by atoms with Gasteiger partial charge >= 0.3 is 12.1 Å². The molecule has 0 spiro atoms. The highest BCUT2D eigenvalue weighted by Gasteiger charge is 2.62. The van der Waals surface area contributed by atoms with E-state index < -0.39 is 12.1 Å². The summed E-state index contributed by atoms with van der Waals surface area (Å²) in [7, 11) is 0. The van der Waals surface area contributed by atoms with E-state index in [0.29, 0.717) is 42.8 Å². The van der Waals surface area contributed by atoms with Crippen LogP contribution < -0.4 is 0 Å². The number of rotatable bonds is 0. The molecule has 1 aliphatic heterocycles. The molecule has 0 N–H and O–H groups in total. The maximum absolute atomic E-state index is 13.1. The first kappa shape index (κ1) is 18.3. The van der Waals surface area contributed by atoms with Crippen LogP contribution in [0.25, 0.3) is 0 Å². The lowest BCUT2D eigenvalue weighted by molar-refractivity contribution is -0.200. The summed E-state index contributed by atoms with van der Waals surface area (Å²) < 4.78 is 39.3. The summed E-state index contributed by atoms with van der Waals surface area (Å²) in [5.74, 6) is -0.161. The van der Waals surface area contributed by atoms with Gasteiger partial charge in [0.25, 0.3) is 0 Å². The van der Waals surface area contributed by atoms with E-state index in [9.17, 15) is 22.8 Å². The van der Waals surface area contributed by atoms with Crippen LogP contribution in [-0.2, 0) is 9.59 Å². The third-order valence-corrected chi connectivity index (χ3v) is 8.52. The molecule has 0 radical (unpaired) electrons. The third kappa shape index (κ3) is 2.39. The summed E-state index contributed by atoms with van der Waals surface area (Å²) in [5, 5.41) is 0. The number of halogens is 3. The van der Waals surface area contributed by atoms with Crippen molar-refractivity contribution in [3.8, 4) is 0 Å². The van der Waals surface area contributed by atoms with Gasteiger partial charge in [0.2, 0.25) is 0 Å². The Morgan fingerprint density at radius 3 is 2.50 bits per heavy atom. The van der Waals surface area contributed by atoms with Gasteiger partial charge in [-0.25, -0.2) is 0 Å². The number of likely N-dealkylation sites (tertiary alicyclic amines) is 1. The van der Waals surface area contributed by atoms with E-state index in [-0.39, 0.29) is 23.4 Å². The van der Waals surface area contributed by atoms with Gasteiger partial charge in [-0.15, -0.1) is 0 Å². The van der Waals surface area contributed by atoms with E-state index in [0.717, 1.165) is 37.0 Å². The molecule has 4 rings (SSSR count). The highest BCUT2D eigenvalue weighted by Crippen LogP contribution is 2.63. The van der Waals surface area contributed by atoms with Crippen molar-refractivity contribution in [2.75, 3.05) is 6.54 Å². The van der Waals surface area contributed by atoms with Crippen molar-refractivity contribution in [1.82, 2.24) is 4.90 Å². The van der Waals surface area contributed by atoms with Gasteiger partial charge in [-0.05, 0) is 68.1 Å². The molecule has 3 aliphatic carbocycles. The molecule has 3 nitrogen and oxygen atoms in total. The van der Waals surface area contributed by atoms with Crippen LogP contribution in [0.1, 0.15) is 65.2 Å². The summed E-state index contributed by atoms with van der Waals surface area (Å²) in [6.07, 6.45) is 1.57. The minimum absolute atomic E-state index is 0.218. The summed E-state index contributed by atoms with van der Waals surface area (Å²) in [6.45, 7) is 4.44. The number of alkyl halides is 3. The van der Waals surface area contributed by atoms with E-state index in [1.54, 1.807) is 0 Å². The third-order valence-electron chi connectivity index (χ3n) is 8.52. The van der Waals surface area contributed by atoms with Crippen molar-refractivity contribution >= 4 is 11.7 Å². The first-order chi connectivity index (χ1) is 12.1. The second kappa shape index (κ2) is 5.71. The fourth-order valence-corrected chi connectivity index (χ4v) is 7.26. The molecule has 6 atom stereocenters. The molecule has 0 aromatic rings. The van der Waals surface area contributed by atoms with Crippen LogP contribution >= 0.6 is 0 Å². The number of carbonyl (C=O) groups excluding carboxylic acids is 2. The van der Waals surface area contributed by atoms with Gasteiger partial charge in [0.15, 0.2) is 0 Å². The number of carbonyl (C=O) groups is 2. The van der Waals surface area contributed by atoms with Crippen LogP contribution in [0.4, 0.5) is 13.2 Å². The Balaban J connectivity index is 1.63. The average molecular weight is 371 g/mol. The summed E-state index contributed by atoms with van der Waals surface area (Å²) >= 11 is 0. The zero-order valence-corrected chi connectivity index (χ0v) is 15.6. The topological polar surface area (TPSA) is 37.4 Å². The molecule has 1 saturated heterocycles. The number of hydrogen-bond donors (Lipinski definition) is 0. The van der Waals surface area contributed by atoms with Crippen molar-refractivity contribution in [1.29, 1.82) is 0 Å². The largest absolute Gasteiger partial charge is 0.471 e. The van der Waals surface area contributed by atoms with E-state index in [2.05, 4.69) is 13.8 Å². The lowest BCUT2D eigenvalue weighted by Crippen LogP contribution is -2.63. The molecule has 1 heterocycles. The molecule has 3 saturated carbocycles. The van der Waals surface area contributed by atoms with Crippen molar-refractivity contribution in [2.45, 2.75) is 77.4 Å². The summed E-state index contributed by atoms with van der Waals surface area (Å²) in [6, 6.07) is -0.312. The Labute approximate surface area is 152 Å². The highest BCUT2D eigenvalue weighted by molar-refractivity contribution is 5.87. The number of Topliss-reactive ketones (excluding diaryl/α,β-unsaturated/α-hetero) is 1. The van der Waals surface area contributed by atoms with Gasteiger partial charge < -0.3 is 4.90 Å². The van der Waals surface area contributed by atoms with Gasteiger partial charge in [0, 0.05) is 24.4 Å². The Morgan fingerprint density at radius 1 is 1.08 bits per heavy atom.